The van der Waals surface area contributed by atoms with E-state index in [0.29, 0.717) is 11.4 Å². The van der Waals surface area contributed by atoms with E-state index in [-0.39, 0.29) is 54.6 Å². The van der Waals surface area contributed by atoms with Gasteiger partial charge in [0.2, 0.25) is 10.0 Å². The second kappa shape index (κ2) is 11.7. The zero-order valence-electron chi connectivity index (χ0n) is 21.6. The van der Waals surface area contributed by atoms with Gasteiger partial charge in [-0.25, -0.2) is 13.2 Å². The maximum atomic E-state index is 13.4. The Kier molecular flexibility index (Phi) is 8.87. The molecule has 0 saturated heterocycles. The molecule has 3 amide bonds. The molecule has 0 aromatic heterocycles. The number of anilines is 2. The minimum atomic E-state index is -3.67. The molecule has 0 unspecified atom stereocenters. The number of nitrogens with zero attached hydrogens (tertiary/aromatic N) is 2. The number of hydrogen-bond donors (Lipinski definition) is 3. The van der Waals surface area contributed by atoms with Crippen LogP contribution in [-0.2, 0) is 10.0 Å². The molecular weight excluding hydrogens is 500 g/mol. The van der Waals surface area contributed by atoms with E-state index in [1.807, 2.05) is 6.92 Å². The number of aliphatic hydroxyl groups excluding tert-OH is 1. The van der Waals surface area contributed by atoms with E-state index in [1.165, 1.54) is 11.0 Å². The summed E-state index contributed by atoms with van der Waals surface area (Å²) in [5.41, 5.74) is 0.869. The third-order valence-electron chi connectivity index (χ3n) is 6.13. The maximum absolute atomic E-state index is 13.4. The molecule has 1 aliphatic rings. The predicted octanol–water partition coefficient (Wildman–Crippen LogP) is 2.45. The van der Waals surface area contributed by atoms with Gasteiger partial charge in [-0.1, -0.05) is 13.0 Å². The number of aliphatic hydroxyl groups is 1. The van der Waals surface area contributed by atoms with E-state index in [1.54, 1.807) is 62.4 Å². The van der Waals surface area contributed by atoms with Crippen molar-refractivity contribution in [2.45, 2.75) is 26.0 Å². The normalized spacial score (nSPS) is 18.5. The van der Waals surface area contributed by atoms with Gasteiger partial charge in [0, 0.05) is 25.2 Å². The fraction of sp³-hybridized carbons (Fsp3) is 0.440. The number of nitrogens with one attached hydrogen (secondary N) is 2. The van der Waals surface area contributed by atoms with Crippen LogP contribution in [0.3, 0.4) is 0 Å². The standard InChI is InChI=1S/C25H34N4O7S/c1-16-13-29(17(2)15-30)24(31)20-7-6-8-21(27-37(5,33)34)23(20)36-22(16)14-28(3)25(32)26-18-9-11-19(35-4)12-10-18/h6-12,16-17,22,27,30H,13-15H2,1-5H3,(H,26,32)/t16-,17-,22+/m0/s1. The number of fused-ring (bicyclic) bond motifs is 1. The third kappa shape index (κ3) is 7.04. The number of rotatable bonds is 8. The highest BCUT2D eigenvalue weighted by Crippen LogP contribution is 2.35. The average Bonchev–Trinajstić information content (AvgIpc) is 2.85. The summed E-state index contributed by atoms with van der Waals surface area (Å²) in [4.78, 5) is 29.3. The van der Waals surface area contributed by atoms with Gasteiger partial charge >= 0.3 is 6.03 Å². The number of likely N-dealkylation sites (N-methyl/N-ethyl adjacent to an activating group) is 1. The third-order valence-corrected chi connectivity index (χ3v) is 6.72. The minimum absolute atomic E-state index is 0.0774. The van der Waals surface area contributed by atoms with Crippen LogP contribution in [0.25, 0.3) is 0 Å². The van der Waals surface area contributed by atoms with Crippen LogP contribution < -0.4 is 19.5 Å². The van der Waals surface area contributed by atoms with Gasteiger partial charge < -0.3 is 29.7 Å². The van der Waals surface area contributed by atoms with E-state index < -0.39 is 22.2 Å². The van der Waals surface area contributed by atoms with Gasteiger partial charge in [0.05, 0.1) is 43.8 Å². The molecule has 3 rings (SSSR count). The van der Waals surface area contributed by atoms with Gasteiger partial charge in [0.1, 0.15) is 11.9 Å². The van der Waals surface area contributed by atoms with Crippen LogP contribution in [0.2, 0.25) is 0 Å². The number of benzene rings is 2. The van der Waals surface area contributed by atoms with Crippen LogP contribution >= 0.6 is 0 Å². The van der Waals surface area contributed by atoms with Crippen LogP contribution in [0.1, 0.15) is 24.2 Å². The second-order valence-corrected chi connectivity index (χ2v) is 11.0. The number of carbonyl (C=O) groups excluding carboxylic acids is 2. The molecule has 12 heteroatoms. The Hall–Kier alpha value is -3.51. The number of hydrogen-bond acceptors (Lipinski definition) is 7. The highest BCUT2D eigenvalue weighted by atomic mass is 32.2. The minimum Gasteiger partial charge on any atom is -0.497 e. The highest BCUT2D eigenvalue weighted by Gasteiger charge is 2.35. The van der Waals surface area contributed by atoms with E-state index in [9.17, 15) is 23.1 Å². The first-order valence-electron chi connectivity index (χ1n) is 11.8. The molecule has 0 radical (unpaired) electrons. The van der Waals surface area contributed by atoms with Crippen LogP contribution in [0.5, 0.6) is 11.5 Å². The molecule has 202 valence electrons. The summed E-state index contributed by atoms with van der Waals surface area (Å²) in [5.74, 6) is 0.0864. The second-order valence-electron chi connectivity index (χ2n) is 9.22. The van der Waals surface area contributed by atoms with Crippen LogP contribution in [0.15, 0.2) is 42.5 Å². The largest absolute Gasteiger partial charge is 0.497 e. The molecule has 3 N–H and O–H groups in total. The summed E-state index contributed by atoms with van der Waals surface area (Å²) >= 11 is 0. The Morgan fingerprint density at radius 3 is 2.54 bits per heavy atom. The Morgan fingerprint density at radius 1 is 1.27 bits per heavy atom. The molecule has 0 saturated carbocycles. The lowest BCUT2D eigenvalue weighted by Crippen LogP contribution is -2.50. The zero-order valence-corrected chi connectivity index (χ0v) is 22.4. The molecule has 37 heavy (non-hydrogen) atoms. The first kappa shape index (κ1) is 28.1. The van der Waals surface area contributed by atoms with Crippen molar-refractivity contribution in [3.05, 3.63) is 48.0 Å². The van der Waals surface area contributed by atoms with E-state index in [0.717, 1.165) is 6.26 Å². The molecule has 2 aromatic carbocycles. The van der Waals surface area contributed by atoms with Crippen molar-refractivity contribution >= 4 is 33.3 Å². The lowest BCUT2D eigenvalue weighted by Gasteiger charge is -2.38. The van der Waals surface area contributed by atoms with Gasteiger partial charge in [-0.2, -0.15) is 0 Å². The first-order chi connectivity index (χ1) is 17.4. The molecule has 1 aliphatic heterocycles. The van der Waals surface area contributed by atoms with Gasteiger partial charge in [-0.05, 0) is 43.3 Å². The summed E-state index contributed by atoms with van der Waals surface area (Å²) in [6.45, 7) is 3.77. The number of carbonyl (C=O) groups is 2. The zero-order chi connectivity index (χ0) is 27.3. The van der Waals surface area contributed by atoms with Crippen molar-refractivity contribution in [2.24, 2.45) is 5.92 Å². The van der Waals surface area contributed by atoms with Gasteiger partial charge in [0.15, 0.2) is 5.75 Å². The van der Waals surface area contributed by atoms with Crippen LogP contribution in [0, 0.1) is 5.92 Å². The topological polar surface area (TPSA) is 138 Å². The number of amides is 3. The average molecular weight is 535 g/mol. The number of para-hydroxylation sites is 1. The fourth-order valence-electron chi connectivity index (χ4n) is 3.99. The Morgan fingerprint density at radius 2 is 1.95 bits per heavy atom. The lowest BCUT2D eigenvalue weighted by molar-refractivity contribution is 0.0373. The van der Waals surface area contributed by atoms with Crippen molar-refractivity contribution in [2.75, 3.05) is 50.1 Å². The van der Waals surface area contributed by atoms with Crippen molar-refractivity contribution in [1.29, 1.82) is 0 Å². The SMILES string of the molecule is COc1ccc(NC(=O)N(C)C[C@H]2Oc3c(NS(C)(=O)=O)cccc3C(=O)N([C@@H](C)CO)C[C@@H]2C)cc1. The molecule has 11 nitrogen and oxygen atoms in total. The molecular formula is C25H34N4O7S. The molecule has 0 aliphatic carbocycles. The highest BCUT2D eigenvalue weighted by molar-refractivity contribution is 7.92. The summed E-state index contributed by atoms with van der Waals surface area (Å²) < 4.78 is 37.8. The monoisotopic (exact) mass is 534 g/mol. The molecule has 0 fully saturated rings. The smallest absolute Gasteiger partial charge is 0.321 e. The Balaban J connectivity index is 1.91. The van der Waals surface area contributed by atoms with Crippen LogP contribution in [-0.4, -0.2) is 87.5 Å². The van der Waals surface area contributed by atoms with Crippen LogP contribution in [0.4, 0.5) is 16.2 Å². The van der Waals surface area contributed by atoms with Gasteiger partial charge in [0.25, 0.3) is 5.91 Å². The Labute approximate surface area is 217 Å². The number of methoxy groups -OCH3 is 1. The molecule has 1 heterocycles. The van der Waals surface area contributed by atoms with Crippen molar-refractivity contribution in [3.63, 3.8) is 0 Å². The number of urea groups is 1. The summed E-state index contributed by atoms with van der Waals surface area (Å²) in [7, 11) is -0.492. The number of sulfonamides is 1. The predicted molar refractivity (Wildman–Crippen MR) is 141 cm³/mol. The molecule has 0 bridgehead atoms. The van der Waals surface area contributed by atoms with Gasteiger partial charge in [-0.15, -0.1) is 0 Å². The molecule has 0 spiro atoms. The molecule has 3 atom stereocenters. The van der Waals surface area contributed by atoms with Gasteiger partial charge in [-0.3, -0.25) is 9.52 Å². The van der Waals surface area contributed by atoms with E-state index >= 15 is 0 Å². The Bertz CT molecular complexity index is 1220. The number of ether oxygens (including phenoxy) is 2. The first-order valence-corrected chi connectivity index (χ1v) is 13.7. The van der Waals surface area contributed by atoms with E-state index in [2.05, 4.69) is 10.0 Å². The van der Waals surface area contributed by atoms with E-state index in [4.69, 9.17) is 9.47 Å². The fourth-order valence-corrected chi connectivity index (χ4v) is 4.55. The maximum Gasteiger partial charge on any atom is 0.321 e. The van der Waals surface area contributed by atoms with Crippen molar-refractivity contribution in [1.82, 2.24) is 9.80 Å². The summed E-state index contributed by atoms with van der Waals surface area (Å²) in [5, 5.41) is 12.6. The summed E-state index contributed by atoms with van der Waals surface area (Å²) in [6, 6.07) is 10.7. The van der Waals surface area contributed by atoms with Crippen molar-refractivity contribution < 1.29 is 32.6 Å². The quantitative estimate of drug-likeness (QED) is 0.473. The lowest BCUT2D eigenvalue weighted by atomic mass is 9.99. The molecule has 2 aromatic rings. The van der Waals surface area contributed by atoms with Crippen molar-refractivity contribution in [3.8, 4) is 11.5 Å². The summed E-state index contributed by atoms with van der Waals surface area (Å²) in [6.07, 6.45) is 0.406.